The van der Waals surface area contributed by atoms with Crippen molar-refractivity contribution < 1.29 is 4.79 Å². The first-order chi connectivity index (χ1) is 7.91. The molecule has 1 aromatic carbocycles. The van der Waals surface area contributed by atoms with Crippen molar-refractivity contribution in [3.63, 3.8) is 0 Å². The third-order valence-corrected chi connectivity index (χ3v) is 3.04. The minimum absolute atomic E-state index is 0.115. The van der Waals surface area contributed by atoms with Crippen molar-refractivity contribution in [3.8, 4) is 0 Å². The predicted octanol–water partition coefficient (Wildman–Crippen LogP) is 3.50. The largest absolute Gasteiger partial charge is 0.296 e. The highest BCUT2D eigenvalue weighted by atomic mass is 35.5. The van der Waals surface area contributed by atoms with E-state index in [1.807, 2.05) is 26.1 Å². The van der Waals surface area contributed by atoms with Gasteiger partial charge in [-0.05, 0) is 32.0 Å². The molecular formula is C14H20ClNO. The number of benzene rings is 1. The average Bonchev–Trinajstić information content (AvgIpc) is 2.26. The molecular weight excluding hydrogens is 234 g/mol. The van der Waals surface area contributed by atoms with Crippen LogP contribution in [0.4, 0.5) is 0 Å². The molecule has 94 valence electrons. The summed E-state index contributed by atoms with van der Waals surface area (Å²) in [5.41, 5.74) is 0.681. The Morgan fingerprint density at radius 1 is 1.35 bits per heavy atom. The van der Waals surface area contributed by atoms with Crippen molar-refractivity contribution in [1.29, 1.82) is 0 Å². The zero-order valence-electron chi connectivity index (χ0n) is 10.9. The molecule has 3 heteroatoms. The molecule has 17 heavy (non-hydrogen) atoms. The molecule has 0 aromatic heterocycles. The SMILES string of the molecule is CC(C)CN(C)C(C)C(=O)c1cccc(Cl)c1. The summed E-state index contributed by atoms with van der Waals surface area (Å²) < 4.78 is 0. The first-order valence-electron chi connectivity index (χ1n) is 5.92. The van der Waals surface area contributed by atoms with Gasteiger partial charge in [0.25, 0.3) is 0 Å². The molecule has 0 spiro atoms. The Labute approximate surface area is 109 Å². The van der Waals surface area contributed by atoms with E-state index in [1.54, 1.807) is 12.1 Å². The molecule has 1 aromatic rings. The summed E-state index contributed by atoms with van der Waals surface area (Å²) in [6.07, 6.45) is 0. The van der Waals surface area contributed by atoms with E-state index in [0.29, 0.717) is 16.5 Å². The summed E-state index contributed by atoms with van der Waals surface area (Å²) in [7, 11) is 1.98. The van der Waals surface area contributed by atoms with Crippen LogP contribution in [0.2, 0.25) is 5.02 Å². The van der Waals surface area contributed by atoms with Crippen LogP contribution >= 0.6 is 11.6 Å². The summed E-state index contributed by atoms with van der Waals surface area (Å²) in [6.45, 7) is 7.14. The van der Waals surface area contributed by atoms with Gasteiger partial charge in [0.1, 0.15) is 0 Å². The van der Waals surface area contributed by atoms with E-state index in [4.69, 9.17) is 11.6 Å². The second kappa shape index (κ2) is 6.18. The third kappa shape index (κ3) is 4.14. The number of ketones is 1. The van der Waals surface area contributed by atoms with Crippen molar-refractivity contribution in [2.45, 2.75) is 26.8 Å². The zero-order chi connectivity index (χ0) is 13.0. The van der Waals surface area contributed by atoms with Gasteiger partial charge >= 0.3 is 0 Å². The lowest BCUT2D eigenvalue weighted by Gasteiger charge is -2.25. The maximum atomic E-state index is 12.2. The molecule has 0 fully saturated rings. The van der Waals surface area contributed by atoms with Gasteiger partial charge in [0.15, 0.2) is 5.78 Å². The summed E-state index contributed by atoms with van der Waals surface area (Å²) in [5.74, 6) is 0.672. The van der Waals surface area contributed by atoms with Gasteiger partial charge < -0.3 is 0 Å². The van der Waals surface area contributed by atoms with Crippen LogP contribution in [0.3, 0.4) is 0 Å². The van der Waals surface area contributed by atoms with Crippen LogP contribution in [0.1, 0.15) is 31.1 Å². The number of likely N-dealkylation sites (N-methyl/N-ethyl adjacent to an activating group) is 1. The first-order valence-corrected chi connectivity index (χ1v) is 6.29. The summed E-state index contributed by atoms with van der Waals surface area (Å²) >= 11 is 5.89. The lowest BCUT2D eigenvalue weighted by atomic mass is 10.0. The standard InChI is InChI=1S/C14H20ClNO/c1-10(2)9-16(4)11(3)14(17)12-6-5-7-13(15)8-12/h5-8,10-11H,9H2,1-4H3. The molecule has 2 nitrogen and oxygen atoms in total. The minimum Gasteiger partial charge on any atom is -0.296 e. The third-order valence-electron chi connectivity index (χ3n) is 2.80. The average molecular weight is 254 g/mol. The Morgan fingerprint density at radius 2 is 2.00 bits per heavy atom. The number of Topliss-reactive ketones (excluding diaryl/α,β-unsaturated/α-hetero) is 1. The number of halogens is 1. The molecule has 0 aliphatic rings. The van der Waals surface area contributed by atoms with Gasteiger partial charge in [0.05, 0.1) is 6.04 Å². The molecule has 0 saturated heterocycles. The van der Waals surface area contributed by atoms with Crippen molar-refractivity contribution in [2.24, 2.45) is 5.92 Å². The van der Waals surface area contributed by atoms with Crippen molar-refractivity contribution in [2.75, 3.05) is 13.6 Å². The topological polar surface area (TPSA) is 20.3 Å². The second-order valence-electron chi connectivity index (χ2n) is 4.88. The van der Waals surface area contributed by atoms with Gasteiger partial charge in [-0.2, -0.15) is 0 Å². The first kappa shape index (κ1) is 14.2. The Balaban J connectivity index is 2.76. The van der Waals surface area contributed by atoms with Crippen LogP contribution in [-0.2, 0) is 0 Å². The molecule has 1 atom stereocenters. The Kier molecular flexibility index (Phi) is 5.16. The fourth-order valence-corrected chi connectivity index (χ4v) is 2.01. The van der Waals surface area contributed by atoms with E-state index in [-0.39, 0.29) is 11.8 Å². The van der Waals surface area contributed by atoms with Gasteiger partial charge in [0, 0.05) is 17.1 Å². The smallest absolute Gasteiger partial charge is 0.179 e. The molecule has 1 unspecified atom stereocenters. The number of carbonyl (C=O) groups excluding carboxylic acids is 1. The van der Waals surface area contributed by atoms with Gasteiger partial charge in [-0.3, -0.25) is 9.69 Å². The monoisotopic (exact) mass is 253 g/mol. The van der Waals surface area contributed by atoms with Crippen LogP contribution in [-0.4, -0.2) is 30.3 Å². The number of carbonyl (C=O) groups is 1. The van der Waals surface area contributed by atoms with Crippen LogP contribution in [0.15, 0.2) is 24.3 Å². The number of nitrogens with zero attached hydrogens (tertiary/aromatic N) is 1. The highest BCUT2D eigenvalue weighted by Crippen LogP contribution is 2.14. The van der Waals surface area contributed by atoms with Gasteiger partial charge in [-0.25, -0.2) is 0 Å². The maximum absolute atomic E-state index is 12.2. The second-order valence-corrected chi connectivity index (χ2v) is 5.32. The van der Waals surface area contributed by atoms with Gasteiger partial charge in [0.2, 0.25) is 0 Å². The predicted molar refractivity (Wildman–Crippen MR) is 72.7 cm³/mol. The van der Waals surface area contributed by atoms with E-state index in [2.05, 4.69) is 18.7 Å². The van der Waals surface area contributed by atoms with Gasteiger partial charge in [-0.15, -0.1) is 0 Å². The fraction of sp³-hybridized carbons (Fsp3) is 0.500. The molecule has 0 bridgehead atoms. The quantitative estimate of drug-likeness (QED) is 0.749. The number of rotatable bonds is 5. The van der Waals surface area contributed by atoms with E-state index in [0.717, 1.165) is 6.54 Å². The van der Waals surface area contributed by atoms with Crippen molar-refractivity contribution in [3.05, 3.63) is 34.9 Å². The molecule has 0 radical (unpaired) electrons. The Morgan fingerprint density at radius 3 is 2.53 bits per heavy atom. The molecule has 0 aliphatic heterocycles. The zero-order valence-corrected chi connectivity index (χ0v) is 11.7. The van der Waals surface area contributed by atoms with E-state index in [9.17, 15) is 4.79 Å². The van der Waals surface area contributed by atoms with Crippen LogP contribution in [0, 0.1) is 5.92 Å². The number of hydrogen-bond acceptors (Lipinski definition) is 2. The van der Waals surface area contributed by atoms with Crippen LogP contribution < -0.4 is 0 Å². The Bertz CT molecular complexity index is 390. The molecule has 0 aliphatic carbocycles. The van der Waals surface area contributed by atoms with Crippen molar-refractivity contribution in [1.82, 2.24) is 4.90 Å². The molecule has 0 heterocycles. The lowest BCUT2D eigenvalue weighted by Crippen LogP contribution is -2.38. The summed E-state index contributed by atoms with van der Waals surface area (Å²) in [6, 6.07) is 7.01. The maximum Gasteiger partial charge on any atom is 0.179 e. The fourth-order valence-electron chi connectivity index (χ4n) is 1.82. The van der Waals surface area contributed by atoms with Crippen molar-refractivity contribution >= 4 is 17.4 Å². The van der Waals surface area contributed by atoms with E-state index in [1.165, 1.54) is 0 Å². The lowest BCUT2D eigenvalue weighted by molar-refractivity contribution is 0.0857. The van der Waals surface area contributed by atoms with E-state index < -0.39 is 0 Å². The molecule has 0 N–H and O–H groups in total. The molecule has 1 rings (SSSR count). The minimum atomic E-state index is -0.115. The summed E-state index contributed by atoms with van der Waals surface area (Å²) in [4.78, 5) is 14.3. The van der Waals surface area contributed by atoms with Gasteiger partial charge in [-0.1, -0.05) is 37.6 Å². The molecule has 0 saturated carbocycles. The highest BCUT2D eigenvalue weighted by Gasteiger charge is 2.20. The van der Waals surface area contributed by atoms with Crippen LogP contribution in [0.5, 0.6) is 0 Å². The van der Waals surface area contributed by atoms with Crippen LogP contribution in [0.25, 0.3) is 0 Å². The normalized spacial score (nSPS) is 13.1. The Hall–Kier alpha value is -0.860. The number of hydrogen-bond donors (Lipinski definition) is 0. The molecule has 0 amide bonds. The highest BCUT2D eigenvalue weighted by molar-refractivity contribution is 6.31. The summed E-state index contributed by atoms with van der Waals surface area (Å²) in [5, 5.41) is 0.606. The van der Waals surface area contributed by atoms with E-state index >= 15 is 0 Å².